The van der Waals surface area contributed by atoms with Crippen molar-refractivity contribution < 1.29 is 23.9 Å². The van der Waals surface area contributed by atoms with Crippen molar-refractivity contribution in [1.82, 2.24) is 0 Å². The number of hydrogen-bond donors (Lipinski definition) is 0. The zero-order valence-corrected chi connectivity index (χ0v) is 17.2. The molecule has 0 saturated carbocycles. The Balaban J connectivity index is 2.25. The van der Waals surface area contributed by atoms with Gasteiger partial charge < -0.3 is 18.9 Å². The first-order valence-corrected chi connectivity index (χ1v) is 9.20. The van der Waals surface area contributed by atoms with Crippen LogP contribution in [-0.2, 0) is 0 Å². The van der Waals surface area contributed by atoms with E-state index in [1.807, 2.05) is 24.3 Å². The van der Waals surface area contributed by atoms with Gasteiger partial charge in [0.2, 0.25) is 0 Å². The van der Waals surface area contributed by atoms with Crippen LogP contribution in [0.4, 0.5) is 5.69 Å². The Hall–Kier alpha value is -3.74. The number of ether oxygens (including phenoxy) is 4. The number of benzene rings is 3. The molecule has 3 rings (SSSR count). The van der Waals surface area contributed by atoms with Crippen molar-refractivity contribution >= 4 is 5.69 Å². The van der Waals surface area contributed by atoms with E-state index in [1.54, 1.807) is 52.7 Å². The molecule has 0 fully saturated rings. The van der Waals surface area contributed by atoms with E-state index in [-0.39, 0.29) is 11.6 Å². The van der Waals surface area contributed by atoms with Gasteiger partial charge in [-0.05, 0) is 23.3 Å². The molecule has 30 heavy (non-hydrogen) atoms. The normalized spacial score (nSPS) is 11.5. The highest BCUT2D eigenvalue weighted by molar-refractivity contribution is 5.59. The third kappa shape index (κ3) is 4.15. The minimum absolute atomic E-state index is 0.0286. The van der Waals surface area contributed by atoms with E-state index in [9.17, 15) is 10.1 Å². The van der Waals surface area contributed by atoms with E-state index in [4.69, 9.17) is 18.9 Å². The minimum atomic E-state index is -0.416. The van der Waals surface area contributed by atoms with Gasteiger partial charge in [0.05, 0.1) is 33.4 Å². The second-order valence-electron chi connectivity index (χ2n) is 6.50. The highest BCUT2D eigenvalue weighted by Crippen LogP contribution is 2.45. The zero-order chi connectivity index (χ0) is 21.7. The SMILES string of the molecule is COc1ccc(C(c2ccc([N+](=O)[O-])cc2)c2c(OC)cc(OC)cc2OC)cc1. The van der Waals surface area contributed by atoms with Gasteiger partial charge in [-0.2, -0.15) is 0 Å². The Morgan fingerprint density at radius 2 is 1.17 bits per heavy atom. The molecule has 0 spiro atoms. The first-order chi connectivity index (χ1) is 14.5. The average Bonchev–Trinajstić information content (AvgIpc) is 2.79. The van der Waals surface area contributed by atoms with Crippen LogP contribution >= 0.6 is 0 Å². The van der Waals surface area contributed by atoms with Gasteiger partial charge in [-0.15, -0.1) is 0 Å². The number of rotatable bonds is 8. The molecule has 0 N–H and O–H groups in total. The van der Waals surface area contributed by atoms with Crippen LogP contribution in [0.3, 0.4) is 0 Å². The molecule has 0 saturated heterocycles. The molecule has 7 nitrogen and oxygen atoms in total. The van der Waals surface area contributed by atoms with E-state index < -0.39 is 4.92 Å². The van der Waals surface area contributed by atoms with Crippen LogP contribution in [0.25, 0.3) is 0 Å². The molecule has 0 aromatic heterocycles. The highest BCUT2D eigenvalue weighted by atomic mass is 16.6. The largest absolute Gasteiger partial charge is 0.497 e. The second-order valence-corrected chi connectivity index (χ2v) is 6.50. The van der Waals surface area contributed by atoms with Gasteiger partial charge in [0, 0.05) is 35.7 Å². The fraction of sp³-hybridized carbons (Fsp3) is 0.217. The summed E-state index contributed by atoms with van der Waals surface area (Å²) in [5.74, 6) is 2.21. The molecular formula is C23H23NO6. The van der Waals surface area contributed by atoms with Gasteiger partial charge >= 0.3 is 0 Å². The van der Waals surface area contributed by atoms with E-state index in [0.29, 0.717) is 17.2 Å². The van der Waals surface area contributed by atoms with Crippen LogP contribution in [-0.4, -0.2) is 33.4 Å². The van der Waals surface area contributed by atoms with Crippen molar-refractivity contribution in [3.05, 3.63) is 87.5 Å². The maximum absolute atomic E-state index is 11.1. The number of nitro groups is 1. The standard InChI is InChI=1S/C23H23NO6/c1-27-18-11-7-16(8-12-18)22(15-5-9-17(10-6-15)24(25)26)23-20(29-3)13-19(28-2)14-21(23)30-4/h5-14,22H,1-4H3. The van der Waals surface area contributed by atoms with Gasteiger partial charge in [0.1, 0.15) is 23.0 Å². The Bertz CT molecular complexity index is 990. The van der Waals surface area contributed by atoms with Crippen LogP contribution in [0.15, 0.2) is 60.7 Å². The average molecular weight is 409 g/mol. The number of hydrogen-bond acceptors (Lipinski definition) is 6. The van der Waals surface area contributed by atoms with Crippen molar-refractivity contribution in [1.29, 1.82) is 0 Å². The van der Waals surface area contributed by atoms with E-state index in [0.717, 1.165) is 22.4 Å². The molecule has 0 amide bonds. The number of nitrogens with zero attached hydrogens (tertiary/aromatic N) is 1. The first kappa shape index (κ1) is 21.0. The second kappa shape index (κ2) is 9.17. The number of methoxy groups -OCH3 is 4. The summed E-state index contributed by atoms with van der Waals surface area (Å²) in [6.45, 7) is 0. The van der Waals surface area contributed by atoms with Gasteiger partial charge in [0.25, 0.3) is 5.69 Å². The maximum Gasteiger partial charge on any atom is 0.269 e. The lowest BCUT2D eigenvalue weighted by molar-refractivity contribution is -0.384. The maximum atomic E-state index is 11.1. The first-order valence-electron chi connectivity index (χ1n) is 9.20. The minimum Gasteiger partial charge on any atom is -0.497 e. The summed E-state index contributed by atoms with van der Waals surface area (Å²) in [7, 11) is 6.35. The van der Waals surface area contributed by atoms with E-state index in [1.165, 1.54) is 12.1 Å². The third-order valence-corrected chi connectivity index (χ3v) is 4.93. The molecule has 0 aliphatic rings. The van der Waals surface area contributed by atoms with Crippen LogP contribution in [0.5, 0.6) is 23.0 Å². The Kier molecular flexibility index (Phi) is 6.41. The molecule has 7 heteroatoms. The monoisotopic (exact) mass is 409 g/mol. The third-order valence-electron chi connectivity index (χ3n) is 4.93. The molecule has 156 valence electrons. The van der Waals surface area contributed by atoms with Crippen LogP contribution in [0, 0.1) is 10.1 Å². The summed E-state index contributed by atoms with van der Waals surface area (Å²) >= 11 is 0. The zero-order valence-electron chi connectivity index (χ0n) is 17.2. The molecule has 3 aromatic rings. The van der Waals surface area contributed by atoms with Crippen molar-refractivity contribution in [2.75, 3.05) is 28.4 Å². The van der Waals surface area contributed by atoms with Crippen LogP contribution in [0.1, 0.15) is 22.6 Å². The lowest BCUT2D eigenvalue weighted by Gasteiger charge is -2.24. The molecular weight excluding hydrogens is 386 g/mol. The summed E-state index contributed by atoms with van der Waals surface area (Å²) in [5.41, 5.74) is 2.62. The Labute approximate surface area is 174 Å². The smallest absolute Gasteiger partial charge is 0.269 e. The predicted octanol–water partition coefficient (Wildman–Crippen LogP) is 4.81. The number of nitro benzene ring substituents is 1. The summed E-state index contributed by atoms with van der Waals surface area (Å²) < 4.78 is 22.0. The molecule has 0 aliphatic carbocycles. The van der Waals surface area contributed by atoms with Crippen molar-refractivity contribution in [2.45, 2.75) is 5.92 Å². The Morgan fingerprint density at radius 1 is 0.700 bits per heavy atom. The fourth-order valence-corrected chi connectivity index (χ4v) is 3.43. The molecule has 0 bridgehead atoms. The predicted molar refractivity (Wildman–Crippen MR) is 113 cm³/mol. The van der Waals surface area contributed by atoms with Gasteiger partial charge in [-0.3, -0.25) is 10.1 Å². The summed E-state index contributed by atoms with van der Waals surface area (Å²) in [5, 5.41) is 11.1. The number of non-ortho nitro benzene ring substituents is 1. The van der Waals surface area contributed by atoms with Gasteiger partial charge in [-0.25, -0.2) is 0 Å². The molecule has 0 heterocycles. The lowest BCUT2D eigenvalue weighted by atomic mass is 9.84. The van der Waals surface area contributed by atoms with Crippen molar-refractivity contribution in [3.63, 3.8) is 0 Å². The summed E-state index contributed by atoms with van der Waals surface area (Å²) in [6.07, 6.45) is 0. The fourth-order valence-electron chi connectivity index (χ4n) is 3.43. The lowest BCUT2D eigenvalue weighted by Crippen LogP contribution is -2.08. The van der Waals surface area contributed by atoms with Crippen molar-refractivity contribution in [3.8, 4) is 23.0 Å². The van der Waals surface area contributed by atoms with Crippen molar-refractivity contribution in [2.24, 2.45) is 0 Å². The molecule has 0 radical (unpaired) electrons. The molecule has 1 unspecified atom stereocenters. The Morgan fingerprint density at radius 3 is 1.57 bits per heavy atom. The topological polar surface area (TPSA) is 80.1 Å². The highest BCUT2D eigenvalue weighted by Gasteiger charge is 2.26. The van der Waals surface area contributed by atoms with Gasteiger partial charge in [-0.1, -0.05) is 24.3 Å². The summed E-state index contributed by atoms with van der Waals surface area (Å²) in [6, 6.07) is 17.7. The molecule has 3 aromatic carbocycles. The van der Waals surface area contributed by atoms with E-state index >= 15 is 0 Å². The quantitative estimate of drug-likeness (QED) is 0.302. The van der Waals surface area contributed by atoms with Crippen LogP contribution < -0.4 is 18.9 Å². The van der Waals surface area contributed by atoms with Gasteiger partial charge in [0.15, 0.2) is 0 Å². The summed E-state index contributed by atoms with van der Waals surface area (Å²) in [4.78, 5) is 10.7. The van der Waals surface area contributed by atoms with Crippen LogP contribution in [0.2, 0.25) is 0 Å². The molecule has 0 aliphatic heterocycles. The molecule has 1 atom stereocenters. The van der Waals surface area contributed by atoms with E-state index in [2.05, 4.69) is 0 Å².